The molecule has 0 aliphatic carbocycles. The van der Waals surface area contributed by atoms with Crippen LogP contribution in [0.25, 0.3) is 0 Å². The number of ether oxygens (including phenoxy) is 2. The van der Waals surface area contributed by atoms with Gasteiger partial charge in [0.15, 0.2) is 0 Å². The number of carbonyl (C=O) groups excluding carboxylic acids is 2. The van der Waals surface area contributed by atoms with E-state index < -0.39 is 5.92 Å². The van der Waals surface area contributed by atoms with Crippen LogP contribution in [0.2, 0.25) is 0 Å². The first-order valence-corrected chi connectivity index (χ1v) is 9.96. The van der Waals surface area contributed by atoms with Gasteiger partial charge in [0.25, 0.3) is 0 Å². The molecule has 1 N–H and O–H groups in total. The SMILES string of the molecule is CCc1cccc(CC)c1NC(=O)C1CC(=O)N(c2cc(OC)ccc2OC)C1. The predicted octanol–water partition coefficient (Wildman–Crippen LogP) is 3.82. The third-order valence-electron chi connectivity index (χ3n) is 5.42. The van der Waals surface area contributed by atoms with Gasteiger partial charge in [-0.2, -0.15) is 0 Å². The Labute approximate surface area is 171 Å². The maximum Gasteiger partial charge on any atom is 0.229 e. The molecule has 2 aromatic rings. The van der Waals surface area contributed by atoms with E-state index in [9.17, 15) is 9.59 Å². The molecule has 1 aliphatic heterocycles. The minimum Gasteiger partial charge on any atom is -0.497 e. The number of amides is 2. The average molecular weight is 396 g/mol. The van der Waals surface area contributed by atoms with Gasteiger partial charge in [-0.3, -0.25) is 9.59 Å². The first kappa shape index (κ1) is 20.7. The molecule has 0 spiro atoms. The van der Waals surface area contributed by atoms with Crippen molar-refractivity contribution in [3.05, 3.63) is 47.5 Å². The lowest BCUT2D eigenvalue weighted by atomic mass is 10.0. The molecule has 0 radical (unpaired) electrons. The number of nitrogens with zero attached hydrogens (tertiary/aromatic N) is 1. The monoisotopic (exact) mass is 396 g/mol. The smallest absolute Gasteiger partial charge is 0.229 e. The number of carbonyl (C=O) groups is 2. The maximum absolute atomic E-state index is 13.0. The third kappa shape index (κ3) is 4.21. The van der Waals surface area contributed by atoms with E-state index in [2.05, 4.69) is 19.2 Å². The van der Waals surface area contributed by atoms with E-state index in [4.69, 9.17) is 9.47 Å². The van der Waals surface area contributed by atoms with Gasteiger partial charge in [0, 0.05) is 24.7 Å². The van der Waals surface area contributed by atoms with E-state index in [1.807, 2.05) is 18.2 Å². The highest BCUT2D eigenvalue weighted by Crippen LogP contribution is 2.36. The predicted molar refractivity (Wildman–Crippen MR) is 114 cm³/mol. The number of benzene rings is 2. The standard InChI is InChI=1S/C23H28N2O4/c1-5-15-8-7-9-16(6-2)22(15)24-23(27)17-12-21(26)25(14-17)19-13-18(28-3)10-11-20(19)29-4/h7-11,13,17H,5-6,12,14H2,1-4H3,(H,24,27). The van der Waals surface area contributed by atoms with Crippen LogP contribution in [0.4, 0.5) is 11.4 Å². The van der Waals surface area contributed by atoms with Gasteiger partial charge in [0.2, 0.25) is 11.8 Å². The van der Waals surface area contributed by atoms with Crippen LogP contribution in [0.1, 0.15) is 31.4 Å². The van der Waals surface area contributed by atoms with Crippen molar-refractivity contribution in [2.75, 3.05) is 31.0 Å². The second-order valence-electron chi connectivity index (χ2n) is 7.09. The van der Waals surface area contributed by atoms with Gasteiger partial charge in [-0.05, 0) is 36.1 Å². The van der Waals surface area contributed by atoms with Crippen molar-refractivity contribution in [2.24, 2.45) is 5.92 Å². The normalized spacial score (nSPS) is 16.1. The number of rotatable bonds is 7. The molecule has 1 fully saturated rings. The molecule has 2 aromatic carbocycles. The lowest BCUT2D eigenvalue weighted by Gasteiger charge is -2.21. The largest absolute Gasteiger partial charge is 0.497 e. The summed E-state index contributed by atoms with van der Waals surface area (Å²) < 4.78 is 10.7. The number of hydrogen-bond donors (Lipinski definition) is 1. The van der Waals surface area contributed by atoms with Crippen LogP contribution < -0.4 is 19.7 Å². The minimum absolute atomic E-state index is 0.101. The first-order chi connectivity index (χ1) is 14.0. The van der Waals surface area contributed by atoms with Crippen LogP contribution in [0.3, 0.4) is 0 Å². The van der Waals surface area contributed by atoms with Gasteiger partial charge in [0.1, 0.15) is 11.5 Å². The molecule has 1 saturated heterocycles. The van der Waals surface area contributed by atoms with Crippen LogP contribution in [-0.2, 0) is 22.4 Å². The summed E-state index contributed by atoms with van der Waals surface area (Å²) in [7, 11) is 3.13. The third-order valence-corrected chi connectivity index (χ3v) is 5.42. The molecule has 3 rings (SSSR count). The number of nitrogens with one attached hydrogen (secondary N) is 1. The lowest BCUT2D eigenvalue weighted by molar-refractivity contribution is -0.122. The zero-order chi connectivity index (χ0) is 21.0. The number of para-hydroxylation sites is 1. The highest BCUT2D eigenvalue weighted by atomic mass is 16.5. The van der Waals surface area contributed by atoms with Crippen molar-refractivity contribution in [3.8, 4) is 11.5 Å². The highest BCUT2D eigenvalue weighted by Gasteiger charge is 2.36. The molecular formula is C23H28N2O4. The molecule has 1 atom stereocenters. The van der Waals surface area contributed by atoms with Gasteiger partial charge < -0.3 is 19.7 Å². The summed E-state index contributed by atoms with van der Waals surface area (Å²) in [6.45, 7) is 4.45. The molecule has 29 heavy (non-hydrogen) atoms. The van der Waals surface area contributed by atoms with E-state index >= 15 is 0 Å². The fourth-order valence-corrected chi connectivity index (χ4v) is 3.75. The Balaban J connectivity index is 1.82. The summed E-state index contributed by atoms with van der Waals surface area (Å²) in [5, 5.41) is 3.09. The summed E-state index contributed by atoms with van der Waals surface area (Å²) in [5.74, 6) is 0.554. The Morgan fingerprint density at radius 1 is 1.10 bits per heavy atom. The van der Waals surface area contributed by atoms with E-state index in [0.29, 0.717) is 23.7 Å². The van der Waals surface area contributed by atoms with E-state index in [1.54, 1.807) is 37.3 Å². The highest BCUT2D eigenvalue weighted by molar-refractivity contribution is 6.04. The lowest BCUT2D eigenvalue weighted by Crippen LogP contribution is -2.29. The number of methoxy groups -OCH3 is 2. The summed E-state index contributed by atoms with van der Waals surface area (Å²) in [6, 6.07) is 11.4. The first-order valence-electron chi connectivity index (χ1n) is 9.96. The molecule has 0 saturated carbocycles. The number of anilines is 2. The van der Waals surface area contributed by atoms with Gasteiger partial charge in [-0.1, -0.05) is 32.0 Å². The zero-order valence-electron chi connectivity index (χ0n) is 17.5. The fourth-order valence-electron chi connectivity index (χ4n) is 3.75. The van der Waals surface area contributed by atoms with Crippen molar-refractivity contribution in [3.63, 3.8) is 0 Å². The van der Waals surface area contributed by atoms with E-state index in [1.165, 1.54) is 0 Å². The van der Waals surface area contributed by atoms with Crippen molar-refractivity contribution in [1.29, 1.82) is 0 Å². The Morgan fingerprint density at radius 2 is 1.79 bits per heavy atom. The van der Waals surface area contributed by atoms with E-state index in [0.717, 1.165) is 29.7 Å². The molecule has 1 heterocycles. The van der Waals surface area contributed by atoms with Gasteiger partial charge in [-0.25, -0.2) is 0 Å². The van der Waals surface area contributed by atoms with Gasteiger partial charge in [-0.15, -0.1) is 0 Å². The Bertz CT molecular complexity index is 887. The van der Waals surface area contributed by atoms with Crippen molar-refractivity contribution in [2.45, 2.75) is 33.1 Å². The average Bonchev–Trinajstić information content (AvgIpc) is 3.14. The maximum atomic E-state index is 13.0. The molecule has 6 heteroatoms. The summed E-state index contributed by atoms with van der Waals surface area (Å²) in [6.07, 6.45) is 1.84. The molecule has 154 valence electrons. The van der Waals surface area contributed by atoms with Crippen LogP contribution in [0, 0.1) is 5.92 Å². The summed E-state index contributed by atoms with van der Waals surface area (Å²) in [4.78, 5) is 27.3. The molecule has 0 bridgehead atoms. The molecule has 0 aromatic heterocycles. The van der Waals surface area contributed by atoms with Crippen molar-refractivity contribution >= 4 is 23.2 Å². The van der Waals surface area contributed by atoms with Crippen molar-refractivity contribution in [1.82, 2.24) is 0 Å². The quantitative estimate of drug-likeness (QED) is 0.773. The van der Waals surface area contributed by atoms with Crippen LogP contribution in [-0.4, -0.2) is 32.6 Å². The molecule has 1 aliphatic rings. The molecule has 2 amide bonds. The van der Waals surface area contributed by atoms with Crippen LogP contribution in [0.5, 0.6) is 11.5 Å². The molecule has 6 nitrogen and oxygen atoms in total. The van der Waals surface area contributed by atoms with Gasteiger partial charge in [0.05, 0.1) is 25.8 Å². The van der Waals surface area contributed by atoms with Crippen LogP contribution >= 0.6 is 0 Å². The molecule has 1 unspecified atom stereocenters. The second kappa shape index (κ2) is 8.99. The topological polar surface area (TPSA) is 67.9 Å². The number of hydrogen-bond acceptors (Lipinski definition) is 4. The van der Waals surface area contributed by atoms with Crippen LogP contribution in [0.15, 0.2) is 36.4 Å². The van der Waals surface area contributed by atoms with E-state index in [-0.39, 0.29) is 18.2 Å². The Morgan fingerprint density at radius 3 is 2.38 bits per heavy atom. The number of aryl methyl sites for hydroxylation is 2. The summed E-state index contributed by atoms with van der Waals surface area (Å²) in [5.41, 5.74) is 3.71. The zero-order valence-corrected chi connectivity index (χ0v) is 17.5. The minimum atomic E-state index is -0.423. The summed E-state index contributed by atoms with van der Waals surface area (Å²) >= 11 is 0. The Hall–Kier alpha value is -3.02. The Kier molecular flexibility index (Phi) is 6.42. The fraction of sp³-hybridized carbons (Fsp3) is 0.391. The van der Waals surface area contributed by atoms with Gasteiger partial charge >= 0.3 is 0 Å². The second-order valence-corrected chi connectivity index (χ2v) is 7.09. The van der Waals surface area contributed by atoms with Crippen molar-refractivity contribution < 1.29 is 19.1 Å². The molecular weight excluding hydrogens is 368 g/mol.